The molecule has 0 spiro atoms. The highest BCUT2D eigenvalue weighted by atomic mass is 19.1. The summed E-state index contributed by atoms with van der Waals surface area (Å²) in [7, 11) is 1.45. The number of H-pyrrole nitrogens is 1. The maximum Gasteiger partial charge on any atom is 0.165 e. The number of aromatic nitrogens is 2. The van der Waals surface area contributed by atoms with E-state index in [1.165, 1.54) is 13.2 Å². The Labute approximate surface area is 103 Å². The zero-order chi connectivity index (χ0) is 12.5. The fraction of sp³-hybridized carbons (Fsp3) is 0.0714. The SMILES string of the molecule is COc1ccc(-c2c[nH]c3ncccc23)cc1F. The van der Waals surface area contributed by atoms with Crippen LogP contribution in [0.5, 0.6) is 5.75 Å². The van der Waals surface area contributed by atoms with Crippen molar-refractivity contribution < 1.29 is 9.13 Å². The largest absolute Gasteiger partial charge is 0.494 e. The first kappa shape index (κ1) is 10.8. The molecule has 1 aromatic carbocycles. The third-order valence-electron chi connectivity index (χ3n) is 2.91. The lowest BCUT2D eigenvalue weighted by molar-refractivity contribution is 0.386. The number of halogens is 1. The normalized spacial score (nSPS) is 10.8. The number of hydrogen-bond acceptors (Lipinski definition) is 2. The Bertz CT molecular complexity index is 706. The van der Waals surface area contributed by atoms with Crippen molar-refractivity contribution in [2.75, 3.05) is 7.11 Å². The summed E-state index contributed by atoms with van der Waals surface area (Å²) >= 11 is 0. The lowest BCUT2D eigenvalue weighted by Gasteiger charge is -2.04. The van der Waals surface area contributed by atoms with Gasteiger partial charge in [0.15, 0.2) is 11.6 Å². The Morgan fingerprint density at radius 3 is 2.94 bits per heavy atom. The molecule has 0 atom stereocenters. The number of hydrogen-bond donors (Lipinski definition) is 1. The molecule has 90 valence electrons. The predicted octanol–water partition coefficient (Wildman–Crippen LogP) is 3.38. The zero-order valence-electron chi connectivity index (χ0n) is 9.77. The van der Waals surface area contributed by atoms with Gasteiger partial charge in [-0.3, -0.25) is 0 Å². The van der Waals surface area contributed by atoms with Crippen molar-refractivity contribution in [2.45, 2.75) is 0 Å². The van der Waals surface area contributed by atoms with Crippen molar-refractivity contribution >= 4 is 11.0 Å². The first-order valence-corrected chi connectivity index (χ1v) is 5.55. The van der Waals surface area contributed by atoms with Crippen LogP contribution in [0.25, 0.3) is 22.2 Å². The second kappa shape index (κ2) is 4.14. The standard InChI is InChI=1S/C14H11FN2O/c1-18-13-5-4-9(7-12(13)15)11-8-17-14-10(11)3-2-6-16-14/h2-8H,1H3,(H,16,17). The van der Waals surface area contributed by atoms with Gasteiger partial charge in [-0.25, -0.2) is 9.37 Å². The number of nitrogens with zero attached hydrogens (tertiary/aromatic N) is 1. The number of ether oxygens (including phenoxy) is 1. The topological polar surface area (TPSA) is 37.9 Å². The molecule has 0 aliphatic rings. The third-order valence-corrected chi connectivity index (χ3v) is 2.91. The molecule has 3 nitrogen and oxygen atoms in total. The summed E-state index contributed by atoms with van der Waals surface area (Å²) in [5.41, 5.74) is 2.52. The van der Waals surface area contributed by atoms with Gasteiger partial charge in [0.2, 0.25) is 0 Å². The Morgan fingerprint density at radius 2 is 2.17 bits per heavy atom. The highest BCUT2D eigenvalue weighted by Gasteiger charge is 2.09. The molecular formula is C14H11FN2O. The molecule has 0 saturated heterocycles. The monoisotopic (exact) mass is 242 g/mol. The van der Waals surface area contributed by atoms with E-state index in [0.717, 1.165) is 22.2 Å². The van der Waals surface area contributed by atoms with Crippen molar-refractivity contribution in [3.8, 4) is 16.9 Å². The van der Waals surface area contributed by atoms with E-state index >= 15 is 0 Å². The summed E-state index contributed by atoms with van der Waals surface area (Å²) in [6.07, 6.45) is 3.55. The molecule has 0 radical (unpaired) electrons. The van der Waals surface area contributed by atoms with Gasteiger partial charge in [0.1, 0.15) is 5.65 Å². The molecule has 1 N–H and O–H groups in total. The van der Waals surface area contributed by atoms with Crippen LogP contribution in [0.1, 0.15) is 0 Å². The van der Waals surface area contributed by atoms with E-state index < -0.39 is 0 Å². The van der Waals surface area contributed by atoms with E-state index in [2.05, 4.69) is 9.97 Å². The molecule has 2 heterocycles. The summed E-state index contributed by atoms with van der Waals surface area (Å²) in [5.74, 6) is -0.120. The predicted molar refractivity (Wildman–Crippen MR) is 68.0 cm³/mol. The molecule has 2 aromatic heterocycles. The quantitative estimate of drug-likeness (QED) is 0.748. The Balaban J connectivity index is 2.17. The average Bonchev–Trinajstić information content (AvgIpc) is 2.82. The van der Waals surface area contributed by atoms with Gasteiger partial charge < -0.3 is 9.72 Å². The number of pyridine rings is 1. The van der Waals surface area contributed by atoms with Gasteiger partial charge in [-0.15, -0.1) is 0 Å². The highest BCUT2D eigenvalue weighted by Crippen LogP contribution is 2.30. The molecule has 0 saturated carbocycles. The van der Waals surface area contributed by atoms with E-state index in [-0.39, 0.29) is 11.6 Å². The molecule has 0 aliphatic carbocycles. The minimum absolute atomic E-state index is 0.247. The van der Waals surface area contributed by atoms with Crippen LogP contribution in [0.3, 0.4) is 0 Å². The molecule has 0 bridgehead atoms. The summed E-state index contributed by atoms with van der Waals surface area (Å²) in [6, 6.07) is 8.74. The summed E-state index contributed by atoms with van der Waals surface area (Å²) in [6.45, 7) is 0. The van der Waals surface area contributed by atoms with Crippen LogP contribution in [0.4, 0.5) is 4.39 Å². The van der Waals surface area contributed by atoms with E-state index in [9.17, 15) is 4.39 Å². The van der Waals surface area contributed by atoms with Gasteiger partial charge in [-0.2, -0.15) is 0 Å². The lowest BCUT2D eigenvalue weighted by atomic mass is 10.1. The van der Waals surface area contributed by atoms with Crippen LogP contribution in [0.15, 0.2) is 42.7 Å². The Kier molecular flexibility index (Phi) is 2.48. The van der Waals surface area contributed by atoms with E-state index in [4.69, 9.17) is 4.74 Å². The molecule has 0 amide bonds. The summed E-state index contributed by atoms with van der Waals surface area (Å²) in [5, 5.41) is 0.974. The first-order valence-electron chi connectivity index (χ1n) is 5.55. The minimum atomic E-state index is -0.367. The zero-order valence-corrected chi connectivity index (χ0v) is 9.77. The Morgan fingerprint density at radius 1 is 1.28 bits per heavy atom. The second-order valence-corrected chi connectivity index (χ2v) is 3.95. The number of methoxy groups -OCH3 is 1. The molecule has 0 fully saturated rings. The van der Waals surface area contributed by atoms with Crippen LogP contribution >= 0.6 is 0 Å². The van der Waals surface area contributed by atoms with Crippen molar-refractivity contribution in [3.63, 3.8) is 0 Å². The fourth-order valence-corrected chi connectivity index (χ4v) is 2.03. The van der Waals surface area contributed by atoms with Crippen LogP contribution in [0, 0.1) is 5.82 Å². The smallest absolute Gasteiger partial charge is 0.165 e. The first-order chi connectivity index (χ1) is 8.79. The van der Waals surface area contributed by atoms with Crippen molar-refractivity contribution in [1.82, 2.24) is 9.97 Å². The van der Waals surface area contributed by atoms with Crippen LogP contribution < -0.4 is 4.74 Å². The lowest BCUT2D eigenvalue weighted by Crippen LogP contribution is -1.88. The van der Waals surface area contributed by atoms with Gasteiger partial charge in [0.25, 0.3) is 0 Å². The fourth-order valence-electron chi connectivity index (χ4n) is 2.03. The second-order valence-electron chi connectivity index (χ2n) is 3.95. The number of fused-ring (bicyclic) bond motifs is 1. The van der Waals surface area contributed by atoms with E-state index in [1.807, 2.05) is 24.4 Å². The van der Waals surface area contributed by atoms with Crippen LogP contribution in [-0.2, 0) is 0 Å². The average molecular weight is 242 g/mol. The number of aromatic amines is 1. The number of nitrogens with one attached hydrogen (secondary N) is 1. The number of rotatable bonds is 2. The van der Waals surface area contributed by atoms with Crippen LogP contribution in [0.2, 0.25) is 0 Å². The Hall–Kier alpha value is -2.36. The molecule has 18 heavy (non-hydrogen) atoms. The van der Waals surface area contributed by atoms with Gasteiger partial charge in [0, 0.05) is 23.3 Å². The van der Waals surface area contributed by atoms with Crippen LogP contribution in [-0.4, -0.2) is 17.1 Å². The van der Waals surface area contributed by atoms with Crippen molar-refractivity contribution in [1.29, 1.82) is 0 Å². The van der Waals surface area contributed by atoms with Crippen molar-refractivity contribution in [2.24, 2.45) is 0 Å². The van der Waals surface area contributed by atoms with Gasteiger partial charge in [-0.05, 0) is 29.8 Å². The van der Waals surface area contributed by atoms with Crippen molar-refractivity contribution in [3.05, 3.63) is 48.5 Å². The molecule has 0 unspecified atom stereocenters. The molecule has 3 aromatic rings. The van der Waals surface area contributed by atoms with E-state index in [1.54, 1.807) is 12.3 Å². The maximum absolute atomic E-state index is 13.7. The summed E-state index contributed by atoms with van der Waals surface area (Å²) < 4.78 is 18.6. The summed E-state index contributed by atoms with van der Waals surface area (Å²) in [4.78, 5) is 7.28. The van der Waals surface area contributed by atoms with E-state index in [0.29, 0.717) is 0 Å². The minimum Gasteiger partial charge on any atom is -0.494 e. The number of benzene rings is 1. The molecule has 3 rings (SSSR count). The maximum atomic E-state index is 13.7. The highest BCUT2D eigenvalue weighted by molar-refractivity contribution is 5.93. The van der Waals surface area contributed by atoms with Gasteiger partial charge >= 0.3 is 0 Å². The molecule has 0 aliphatic heterocycles. The van der Waals surface area contributed by atoms with Gasteiger partial charge in [-0.1, -0.05) is 6.07 Å². The third kappa shape index (κ3) is 1.62. The molecule has 4 heteroatoms. The molecular weight excluding hydrogens is 231 g/mol. The van der Waals surface area contributed by atoms with Gasteiger partial charge in [0.05, 0.1) is 7.11 Å².